The summed E-state index contributed by atoms with van der Waals surface area (Å²) < 4.78 is 10.5. The topological polar surface area (TPSA) is 30.5 Å². The summed E-state index contributed by atoms with van der Waals surface area (Å²) >= 11 is 0. The summed E-state index contributed by atoms with van der Waals surface area (Å²) in [5.41, 5.74) is 0. The number of ether oxygens (including phenoxy) is 2. The zero-order chi connectivity index (χ0) is 10.8. The molecule has 1 atom stereocenters. The van der Waals surface area contributed by atoms with Crippen molar-refractivity contribution in [2.24, 2.45) is 0 Å². The monoisotopic (exact) mass is 203 g/mol. The molecule has 86 valence electrons. The minimum absolute atomic E-state index is 0.119. The van der Waals surface area contributed by atoms with Crippen molar-refractivity contribution < 1.29 is 9.47 Å². The molecule has 0 rings (SSSR count). The number of hydrogen-bond acceptors (Lipinski definition) is 3. The molecule has 0 aromatic heterocycles. The third-order valence-electron chi connectivity index (χ3n) is 2.38. The third-order valence-corrected chi connectivity index (χ3v) is 2.38. The van der Waals surface area contributed by atoms with E-state index in [1.165, 1.54) is 19.3 Å². The molecular weight excluding hydrogens is 178 g/mol. The summed E-state index contributed by atoms with van der Waals surface area (Å²) in [6.45, 7) is 5.28. The predicted octanol–water partition coefficient (Wildman–Crippen LogP) is 2.16. The van der Waals surface area contributed by atoms with E-state index in [1.807, 2.05) is 0 Å². The lowest BCUT2D eigenvalue weighted by Crippen LogP contribution is -2.41. The first kappa shape index (κ1) is 13.9. The molecular formula is C11H25NO2. The smallest absolute Gasteiger partial charge is 0.171 e. The largest absolute Gasteiger partial charge is 0.354 e. The van der Waals surface area contributed by atoms with Crippen LogP contribution in [0.5, 0.6) is 0 Å². The molecule has 0 aromatic carbocycles. The summed E-state index contributed by atoms with van der Waals surface area (Å²) in [4.78, 5) is 0. The maximum absolute atomic E-state index is 5.26. The number of likely N-dealkylation sites (N-methyl/N-ethyl adjacent to an activating group) is 1. The maximum atomic E-state index is 5.26. The van der Waals surface area contributed by atoms with E-state index in [4.69, 9.17) is 9.47 Å². The molecule has 0 aliphatic heterocycles. The standard InChI is InChI=1S/C11H25NO2/c1-5-7-8-9-10(12-6-2)11(13-3)14-4/h10-12H,5-9H2,1-4H3. The van der Waals surface area contributed by atoms with Crippen molar-refractivity contribution in [2.45, 2.75) is 51.9 Å². The van der Waals surface area contributed by atoms with Crippen LogP contribution in [0.3, 0.4) is 0 Å². The molecule has 3 heteroatoms. The van der Waals surface area contributed by atoms with Crippen molar-refractivity contribution in [3.63, 3.8) is 0 Å². The van der Waals surface area contributed by atoms with Crippen LogP contribution in [0, 0.1) is 0 Å². The van der Waals surface area contributed by atoms with E-state index in [9.17, 15) is 0 Å². The molecule has 0 aliphatic rings. The van der Waals surface area contributed by atoms with Crippen LogP contribution in [-0.2, 0) is 9.47 Å². The van der Waals surface area contributed by atoms with Crippen molar-refractivity contribution in [2.75, 3.05) is 20.8 Å². The SMILES string of the molecule is CCCCCC(NCC)C(OC)OC. The zero-order valence-electron chi connectivity index (χ0n) is 10.0. The predicted molar refractivity (Wildman–Crippen MR) is 59.4 cm³/mol. The molecule has 0 aromatic rings. The van der Waals surface area contributed by atoms with Gasteiger partial charge < -0.3 is 14.8 Å². The van der Waals surface area contributed by atoms with Crippen molar-refractivity contribution in [1.82, 2.24) is 5.32 Å². The zero-order valence-corrected chi connectivity index (χ0v) is 10.0. The normalized spacial score (nSPS) is 13.5. The summed E-state index contributed by atoms with van der Waals surface area (Å²) in [6, 6.07) is 0.321. The van der Waals surface area contributed by atoms with Crippen molar-refractivity contribution in [3.05, 3.63) is 0 Å². The Morgan fingerprint density at radius 1 is 1.07 bits per heavy atom. The Morgan fingerprint density at radius 3 is 2.14 bits per heavy atom. The second-order valence-electron chi connectivity index (χ2n) is 3.50. The molecule has 0 amide bonds. The van der Waals surface area contributed by atoms with Gasteiger partial charge in [-0.1, -0.05) is 33.1 Å². The van der Waals surface area contributed by atoms with Gasteiger partial charge in [-0.05, 0) is 13.0 Å². The number of hydrogen-bond donors (Lipinski definition) is 1. The van der Waals surface area contributed by atoms with E-state index >= 15 is 0 Å². The molecule has 14 heavy (non-hydrogen) atoms. The van der Waals surface area contributed by atoms with Gasteiger partial charge in [-0.25, -0.2) is 0 Å². The van der Waals surface area contributed by atoms with E-state index in [0.717, 1.165) is 13.0 Å². The molecule has 0 heterocycles. The van der Waals surface area contributed by atoms with Crippen molar-refractivity contribution >= 4 is 0 Å². The van der Waals surface area contributed by atoms with Gasteiger partial charge in [-0.15, -0.1) is 0 Å². The highest BCUT2D eigenvalue weighted by Crippen LogP contribution is 2.09. The number of unbranched alkanes of at least 4 members (excludes halogenated alkanes) is 2. The van der Waals surface area contributed by atoms with Crippen LogP contribution in [0.25, 0.3) is 0 Å². The van der Waals surface area contributed by atoms with E-state index in [1.54, 1.807) is 14.2 Å². The van der Waals surface area contributed by atoms with Crippen molar-refractivity contribution in [1.29, 1.82) is 0 Å². The minimum atomic E-state index is -0.119. The average molecular weight is 203 g/mol. The van der Waals surface area contributed by atoms with Crippen LogP contribution in [-0.4, -0.2) is 33.1 Å². The molecule has 0 bridgehead atoms. The Morgan fingerprint density at radius 2 is 1.71 bits per heavy atom. The number of rotatable bonds is 9. The van der Waals surface area contributed by atoms with E-state index in [-0.39, 0.29) is 6.29 Å². The molecule has 3 nitrogen and oxygen atoms in total. The Labute approximate surface area is 88.2 Å². The second kappa shape index (κ2) is 9.44. The highest BCUT2D eigenvalue weighted by molar-refractivity contribution is 4.69. The van der Waals surface area contributed by atoms with Gasteiger partial charge in [0.2, 0.25) is 0 Å². The fourth-order valence-corrected chi connectivity index (χ4v) is 1.64. The summed E-state index contributed by atoms with van der Waals surface area (Å²) in [6.07, 6.45) is 4.77. The van der Waals surface area contributed by atoms with Crippen LogP contribution in [0.1, 0.15) is 39.5 Å². The average Bonchev–Trinajstić information content (AvgIpc) is 2.20. The van der Waals surface area contributed by atoms with Crippen LogP contribution in [0.2, 0.25) is 0 Å². The van der Waals surface area contributed by atoms with Crippen molar-refractivity contribution in [3.8, 4) is 0 Å². The lowest BCUT2D eigenvalue weighted by atomic mass is 10.1. The molecule has 0 spiro atoms. The first-order valence-electron chi connectivity index (χ1n) is 5.59. The molecule has 1 unspecified atom stereocenters. The van der Waals surface area contributed by atoms with Crippen LogP contribution in [0.15, 0.2) is 0 Å². The molecule has 0 aliphatic carbocycles. The molecule has 0 radical (unpaired) electrons. The molecule has 1 N–H and O–H groups in total. The van der Waals surface area contributed by atoms with E-state index in [2.05, 4.69) is 19.2 Å². The summed E-state index contributed by atoms with van der Waals surface area (Å²) in [5.74, 6) is 0. The fourth-order valence-electron chi connectivity index (χ4n) is 1.64. The van der Waals surface area contributed by atoms with Gasteiger partial charge in [0.25, 0.3) is 0 Å². The molecule has 0 fully saturated rings. The highest BCUT2D eigenvalue weighted by atomic mass is 16.7. The quantitative estimate of drug-likeness (QED) is 0.460. The summed E-state index contributed by atoms with van der Waals surface area (Å²) in [7, 11) is 3.39. The Kier molecular flexibility index (Phi) is 9.35. The second-order valence-corrected chi connectivity index (χ2v) is 3.50. The lowest BCUT2D eigenvalue weighted by Gasteiger charge is -2.25. The van der Waals surface area contributed by atoms with Gasteiger partial charge in [0.05, 0.1) is 6.04 Å². The van der Waals surface area contributed by atoms with Gasteiger partial charge in [0.1, 0.15) is 0 Å². The molecule has 0 saturated heterocycles. The van der Waals surface area contributed by atoms with Gasteiger partial charge in [0, 0.05) is 14.2 Å². The first-order chi connectivity index (χ1) is 6.79. The van der Waals surface area contributed by atoms with E-state index in [0.29, 0.717) is 6.04 Å². The van der Waals surface area contributed by atoms with Gasteiger partial charge >= 0.3 is 0 Å². The number of nitrogens with one attached hydrogen (secondary N) is 1. The first-order valence-corrected chi connectivity index (χ1v) is 5.59. The van der Waals surface area contributed by atoms with Gasteiger partial charge in [0.15, 0.2) is 6.29 Å². The Bertz CT molecular complexity index is 116. The number of methoxy groups -OCH3 is 2. The lowest BCUT2D eigenvalue weighted by molar-refractivity contribution is -0.124. The van der Waals surface area contributed by atoms with Gasteiger partial charge in [-0.3, -0.25) is 0 Å². The molecule has 0 saturated carbocycles. The summed E-state index contributed by atoms with van der Waals surface area (Å²) in [5, 5.41) is 3.39. The Hall–Kier alpha value is -0.120. The minimum Gasteiger partial charge on any atom is -0.354 e. The van der Waals surface area contributed by atoms with Crippen LogP contribution in [0.4, 0.5) is 0 Å². The third kappa shape index (κ3) is 5.58. The van der Waals surface area contributed by atoms with E-state index < -0.39 is 0 Å². The Balaban J connectivity index is 3.85. The fraction of sp³-hybridized carbons (Fsp3) is 1.00. The highest BCUT2D eigenvalue weighted by Gasteiger charge is 2.18. The van der Waals surface area contributed by atoms with Gasteiger partial charge in [-0.2, -0.15) is 0 Å². The van der Waals surface area contributed by atoms with Crippen LogP contribution < -0.4 is 5.32 Å². The maximum Gasteiger partial charge on any atom is 0.171 e. The van der Waals surface area contributed by atoms with Crippen LogP contribution >= 0.6 is 0 Å².